The average molecular weight is 403 g/mol. The molecule has 0 aliphatic heterocycles. The van der Waals surface area contributed by atoms with Crippen LogP contribution < -0.4 is 10.0 Å². The molecule has 3 rings (SSSR count). The molecule has 27 heavy (non-hydrogen) atoms. The number of hydrogen-bond donors (Lipinski definition) is 2. The summed E-state index contributed by atoms with van der Waals surface area (Å²) < 4.78 is 27.2. The quantitative estimate of drug-likeness (QED) is 0.612. The van der Waals surface area contributed by atoms with E-state index in [9.17, 15) is 13.2 Å². The van der Waals surface area contributed by atoms with Gasteiger partial charge in [-0.15, -0.1) is 10.2 Å². The van der Waals surface area contributed by atoms with E-state index in [1.807, 2.05) is 12.1 Å². The summed E-state index contributed by atoms with van der Waals surface area (Å²) >= 11 is 0.785. The van der Waals surface area contributed by atoms with Crippen LogP contribution in [0.25, 0.3) is 0 Å². The van der Waals surface area contributed by atoms with Crippen LogP contribution in [0.15, 0.2) is 58.9 Å². The third-order valence-corrected chi connectivity index (χ3v) is 6.31. The number of anilines is 2. The number of sulfonamides is 1. The fourth-order valence-corrected chi connectivity index (χ4v) is 4.22. The van der Waals surface area contributed by atoms with Gasteiger partial charge in [0.05, 0.1) is 0 Å². The predicted octanol–water partition coefficient (Wildman–Crippen LogP) is 3.71. The number of aromatic nitrogens is 2. The van der Waals surface area contributed by atoms with Crippen LogP contribution in [0.4, 0.5) is 10.8 Å². The molecule has 0 saturated heterocycles. The van der Waals surface area contributed by atoms with Gasteiger partial charge in [-0.3, -0.25) is 14.8 Å². The predicted molar refractivity (Wildman–Crippen MR) is 106 cm³/mol. The molecule has 1 heterocycles. The van der Waals surface area contributed by atoms with Gasteiger partial charge in [0.2, 0.25) is 5.13 Å². The van der Waals surface area contributed by atoms with Crippen LogP contribution in [0.1, 0.15) is 35.7 Å². The van der Waals surface area contributed by atoms with Gasteiger partial charge in [-0.25, -0.2) is 0 Å². The van der Waals surface area contributed by atoms with Crippen molar-refractivity contribution in [1.29, 1.82) is 0 Å². The largest absolute Gasteiger partial charge is 0.296 e. The van der Waals surface area contributed by atoms with Crippen LogP contribution >= 0.6 is 11.3 Å². The van der Waals surface area contributed by atoms with Crippen molar-refractivity contribution in [3.05, 3.63) is 65.7 Å². The zero-order chi connectivity index (χ0) is 19.4. The first kappa shape index (κ1) is 19.0. The Labute approximate surface area is 161 Å². The molecule has 0 bridgehead atoms. The van der Waals surface area contributed by atoms with E-state index in [-0.39, 0.29) is 15.4 Å². The molecule has 0 aliphatic carbocycles. The van der Waals surface area contributed by atoms with Gasteiger partial charge in [-0.1, -0.05) is 55.5 Å². The normalized spacial score (nSPS) is 11.4. The summed E-state index contributed by atoms with van der Waals surface area (Å²) in [6.07, 6.45) is 0. The molecule has 3 aromatic rings. The minimum absolute atomic E-state index is 0.111. The smallest absolute Gasteiger partial charge is 0.291 e. The summed E-state index contributed by atoms with van der Waals surface area (Å²) in [6.45, 7) is 4.12. The highest BCUT2D eigenvalue weighted by molar-refractivity contribution is 7.94. The molecule has 0 atom stereocenters. The lowest BCUT2D eigenvalue weighted by Crippen LogP contribution is -2.12. The molecule has 2 aromatic carbocycles. The fraction of sp³-hybridized carbons (Fsp3) is 0.167. The highest BCUT2D eigenvalue weighted by atomic mass is 32.2. The Hall–Kier alpha value is -2.78. The number of carbonyl (C=O) groups excluding carboxylic acids is 1. The van der Waals surface area contributed by atoms with Gasteiger partial charge in [0.15, 0.2) is 0 Å². The molecule has 0 spiro atoms. The van der Waals surface area contributed by atoms with Crippen molar-refractivity contribution in [3.63, 3.8) is 0 Å². The lowest BCUT2D eigenvalue weighted by Gasteiger charge is -2.08. The Morgan fingerprint density at radius 2 is 1.67 bits per heavy atom. The van der Waals surface area contributed by atoms with Crippen molar-refractivity contribution < 1.29 is 13.2 Å². The number of carbonyl (C=O) groups is 1. The second-order valence-corrected chi connectivity index (χ2v) is 8.91. The summed E-state index contributed by atoms with van der Waals surface area (Å²) in [7, 11) is -3.88. The van der Waals surface area contributed by atoms with Crippen LogP contribution in [-0.2, 0) is 10.0 Å². The number of amides is 1. The first-order valence-corrected chi connectivity index (χ1v) is 10.5. The van der Waals surface area contributed by atoms with E-state index in [4.69, 9.17) is 0 Å². The Balaban J connectivity index is 1.71. The monoisotopic (exact) mass is 402 g/mol. The third-order valence-electron chi connectivity index (χ3n) is 3.72. The lowest BCUT2D eigenvalue weighted by atomic mass is 10.0. The minimum atomic E-state index is -3.88. The number of rotatable bonds is 6. The summed E-state index contributed by atoms with van der Waals surface area (Å²) in [5.74, 6) is -0.0254. The maximum Gasteiger partial charge on any atom is 0.291 e. The van der Waals surface area contributed by atoms with Crippen LogP contribution in [-0.4, -0.2) is 24.5 Å². The van der Waals surface area contributed by atoms with Gasteiger partial charge in [-0.2, -0.15) is 8.42 Å². The Morgan fingerprint density at radius 1 is 1.00 bits per heavy atom. The van der Waals surface area contributed by atoms with Gasteiger partial charge in [0.1, 0.15) is 0 Å². The van der Waals surface area contributed by atoms with E-state index in [1.54, 1.807) is 42.5 Å². The summed E-state index contributed by atoms with van der Waals surface area (Å²) in [6, 6.07) is 15.7. The Morgan fingerprint density at radius 3 is 2.30 bits per heavy atom. The molecule has 0 fully saturated rings. The van der Waals surface area contributed by atoms with Gasteiger partial charge < -0.3 is 0 Å². The number of hydrogen-bond acceptors (Lipinski definition) is 6. The van der Waals surface area contributed by atoms with E-state index in [0.717, 1.165) is 16.9 Å². The van der Waals surface area contributed by atoms with E-state index in [1.165, 1.54) is 0 Å². The second-order valence-electron chi connectivity index (χ2n) is 6.08. The summed E-state index contributed by atoms with van der Waals surface area (Å²) in [5.41, 5.74) is 1.99. The number of benzene rings is 2. The highest BCUT2D eigenvalue weighted by Gasteiger charge is 2.21. The average Bonchev–Trinajstić information content (AvgIpc) is 3.12. The zero-order valence-electron chi connectivity index (χ0n) is 14.7. The Bertz CT molecular complexity index is 1030. The first-order valence-electron chi connectivity index (χ1n) is 8.18. The number of nitrogens with zero attached hydrogens (tertiary/aromatic N) is 2. The van der Waals surface area contributed by atoms with Gasteiger partial charge in [-0.05, 0) is 35.7 Å². The molecular weight excluding hydrogens is 384 g/mol. The van der Waals surface area contributed by atoms with Gasteiger partial charge in [0.25, 0.3) is 20.3 Å². The molecule has 140 valence electrons. The molecule has 1 amide bonds. The standard InChI is InChI=1S/C18H18N4O3S2/c1-12(2)13-8-10-15(11-9-13)22-27(24,25)18-21-20-17(26-18)19-16(23)14-6-4-3-5-7-14/h3-12,22H,1-2H3,(H,19,20,23). The fourth-order valence-electron chi connectivity index (χ4n) is 2.26. The third kappa shape index (κ3) is 4.69. The molecule has 0 radical (unpaired) electrons. The maximum atomic E-state index is 12.5. The van der Waals surface area contributed by atoms with Gasteiger partial charge in [0, 0.05) is 11.3 Å². The van der Waals surface area contributed by atoms with E-state index in [0.29, 0.717) is 17.2 Å². The Kier molecular flexibility index (Phi) is 5.52. The molecular formula is C18H18N4O3S2. The summed E-state index contributed by atoms with van der Waals surface area (Å²) in [5, 5.41) is 10.1. The van der Waals surface area contributed by atoms with Crippen molar-refractivity contribution in [2.75, 3.05) is 10.0 Å². The van der Waals surface area contributed by atoms with Crippen molar-refractivity contribution in [3.8, 4) is 0 Å². The highest BCUT2D eigenvalue weighted by Crippen LogP contribution is 2.24. The maximum absolute atomic E-state index is 12.5. The molecule has 9 heteroatoms. The van der Waals surface area contributed by atoms with Crippen LogP contribution in [0.5, 0.6) is 0 Å². The van der Waals surface area contributed by atoms with E-state index in [2.05, 4.69) is 34.1 Å². The topological polar surface area (TPSA) is 101 Å². The second kappa shape index (κ2) is 7.85. The molecule has 1 aromatic heterocycles. The summed E-state index contributed by atoms with van der Waals surface area (Å²) in [4.78, 5) is 12.1. The first-order chi connectivity index (χ1) is 12.8. The lowest BCUT2D eigenvalue weighted by molar-refractivity contribution is 0.102. The minimum Gasteiger partial charge on any atom is -0.296 e. The van der Waals surface area contributed by atoms with E-state index < -0.39 is 10.0 Å². The molecule has 0 unspecified atom stereocenters. The molecule has 7 nitrogen and oxygen atoms in total. The van der Waals surface area contributed by atoms with Crippen molar-refractivity contribution in [2.24, 2.45) is 0 Å². The van der Waals surface area contributed by atoms with Crippen molar-refractivity contribution in [1.82, 2.24) is 10.2 Å². The van der Waals surface area contributed by atoms with Crippen molar-refractivity contribution in [2.45, 2.75) is 24.1 Å². The number of nitrogens with one attached hydrogen (secondary N) is 2. The van der Waals surface area contributed by atoms with Crippen LogP contribution in [0, 0.1) is 0 Å². The van der Waals surface area contributed by atoms with Crippen LogP contribution in [0.3, 0.4) is 0 Å². The van der Waals surface area contributed by atoms with E-state index >= 15 is 0 Å². The molecule has 0 aliphatic rings. The zero-order valence-corrected chi connectivity index (χ0v) is 16.3. The van der Waals surface area contributed by atoms with Crippen molar-refractivity contribution >= 4 is 38.1 Å². The van der Waals surface area contributed by atoms with Crippen LogP contribution in [0.2, 0.25) is 0 Å². The SMILES string of the molecule is CC(C)c1ccc(NS(=O)(=O)c2nnc(NC(=O)c3ccccc3)s2)cc1. The van der Waals surface area contributed by atoms with Gasteiger partial charge >= 0.3 is 0 Å². The molecule has 0 saturated carbocycles. The molecule has 2 N–H and O–H groups in total.